The van der Waals surface area contributed by atoms with Crippen molar-refractivity contribution >= 4 is 28.5 Å². The maximum Gasteiger partial charge on any atom is 0.326 e. The van der Waals surface area contributed by atoms with E-state index in [9.17, 15) is 9.59 Å². The highest BCUT2D eigenvalue weighted by Gasteiger charge is 2.27. The van der Waals surface area contributed by atoms with Gasteiger partial charge in [-0.25, -0.2) is 14.6 Å². The van der Waals surface area contributed by atoms with E-state index in [0.717, 1.165) is 18.5 Å². The molecule has 6 nitrogen and oxygen atoms in total. The van der Waals surface area contributed by atoms with Gasteiger partial charge in [-0.05, 0) is 18.8 Å². The molecule has 3 N–H and O–H groups in total. The van der Waals surface area contributed by atoms with Gasteiger partial charge in [0.1, 0.15) is 6.04 Å². The summed E-state index contributed by atoms with van der Waals surface area (Å²) in [6, 6.07) is -1.41. The molecule has 1 saturated carbocycles. The van der Waals surface area contributed by atoms with Gasteiger partial charge >= 0.3 is 12.0 Å². The molecular formula is C13H19N3O3S. The van der Waals surface area contributed by atoms with Crippen LogP contribution < -0.4 is 10.6 Å². The summed E-state index contributed by atoms with van der Waals surface area (Å²) in [4.78, 5) is 27.3. The molecule has 1 unspecified atom stereocenters. The minimum absolute atomic E-state index is 0.128. The molecule has 1 aromatic heterocycles. The number of aliphatic carboxylic acids is 1. The summed E-state index contributed by atoms with van der Waals surface area (Å²) in [5.41, 5.74) is 1.02. The Bertz CT molecular complexity index is 499. The summed E-state index contributed by atoms with van der Waals surface area (Å²) >= 11 is 1.37. The second kappa shape index (κ2) is 6.21. The van der Waals surface area contributed by atoms with Crippen LogP contribution in [0, 0.1) is 5.92 Å². The van der Waals surface area contributed by atoms with Gasteiger partial charge in [-0.3, -0.25) is 5.32 Å². The Morgan fingerprint density at radius 2 is 2.25 bits per heavy atom. The third kappa shape index (κ3) is 3.69. The highest BCUT2D eigenvalue weighted by atomic mass is 32.1. The predicted molar refractivity (Wildman–Crippen MR) is 77.1 cm³/mol. The van der Waals surface area contributed by atoms with Gasteiger partial charge < -0.3 is 10.4 Å². The lowest BCUT2D eigenvalue weighted by Crippen LogP contribution is -2.46. The SMILES string of the molecule is CCC(C)[C@H](NC(=O)Nc1nc(C2CC2)cs1)C(=O)O. The molecule has 0 bridgehead atoms. The quantitative estimate of drug-likeness (QED) is 0.752. The minimum atomic E-state index is -1.02. The van der Waals surface area contributed by atoms with Crippen molar-refractivity contribution < 1.29 is 14.7 Å². The molecule has 1 aromatic rings. The molecule has 0 saturated heterocycles. The Morgan fingerprint density at radius 3 is 2.80 bits per heavy atom. The molecule has 2 atom stereocenters. The molecule has 0 spiro atoms. The van der Waals surface area contributed by atoms with Crippen LogP contribution in [0.2, 0.25) is 0 Å². The van der Waals surface area contributed by atoms with Gasteiger partial charge in [0.15, 0.2) is 5.13 Å². The van der Waals surface area contributed by atoms with Gasteiger partial charge in [-0.1, -0.05) is 20.3 Å². The van der Waals surface area contributed by atoms with Crippen LogP contribution in [0.25, 0.3) is 0 Å². The first kappa shape index (κ1) is 14.8. The molecule has 110 valence electrons. The number of carboxylic acid groups (broad SMARTS) is 1. The number of hydrogen-bond donors (Lipinski definition) is 3. The van der Waals surface area contributed by atoms with E-state index in [2.05, 4.69) is 15.6 Å². The third-order valence-electron chi connectivity index (χ3n) is 3.50. The maximum atomic E-state index is 11.8. The van der Waals surface area contributed by atoms with Crippen molar-refractivity contribution in [1.82, 2.24) is 10.3 Å². The predicted octanol–water partition coefficient (Wildman–Crippen LogP) is 2.64. The zero-order valence-corrected chi connectivity index (χ0v) is 12.4. The summed E-state index contributed by atoms with van der Waals surface area (Å²) in [5, 5.41) is 16.7. The summed E-state index contributed by atoms with van der Waals surface area (Å²) in [6.45, 7) is 3.69. The van der Waals surface area contributed by atoms with Gasteiger partial charge in [0.05, 0.1) is 5.69 Å². The van der Waals surface area contributed by atoms with E-state index in [1.54, 1.807) is 6.92 Å². The van der Waals surface area contributed by atoms with Crippen LogP contribution in [0.1, 0.15) is 44.7 Å². The fraction of sp³-hybridized carbons (Fsp3) is 0.615. The number of carbonyl (C=O) groups excluding carboxylic acids is 1. The zero-order valence-electron chi connectivity index (χ0n) is 11.5. The Balaban J connectivity index is 1.91. The number of carboxylic acids is 1. The van der Waals surface area contributed by atoms with Crippen LogP contribution in [0.3, 0.4) is 0 Å². The Morgan fingerprint density at radius 1 is 1.55 bits per heavy atom. The molecule has 1 aliphatic rings. The fourth-order valence-electron chi connectivity index (χ4n) is 1.87. The standard InChI is InChI=1S/C13H19N3O3S/c1-3-7(2)10(11(17)18)15-12(19)16-13-14-9(6-20-13)8-4-5-8/h6-8,10H,3-5H2,1-2H3,(H,17,18)(H2,14,15,16,19)/t7?,10-/m0/s1. The van der Waals surface area contributed by atoms with Crippen LogP contribution >= 0.6 is 11.3 Å². The molecule has 0 radical (unpaired) electrons. The number of anilines is 1. The van der Waals surface area contributed by atoms with Crippen molar-refractivity contribution in [2.75, 3.05) is 5.32 Å². The van der Waals surface area contributed by atoms with E-state index in [0.29, 0.717) is 17.5 Å². The van der Waals surface area contributed by atoms with E-state index in [4.69, 9.17) is 5.11 Å². The van der Waals surface area contributed by atoms with Gasteiger partial charge in [0.2, 0.25) is 0 Å². The van der Waals surface area contributed by atoms with E-state index >= 15 is 0 Å². The molecule has 0 aliphatic heterocycles. The lowest BCUT2D eigenvalue weighted by molar-refractivity contribution is -0.140. The van der Waals surface area contributed by atoms with Gasteiger partial charge in [0, 0.05) is 11.3 Å². The number of hydrogen-bond acceptors (Lipinski definition) is 4. The smallest absolute Gasteiger partial charge is 0.326 e. The highest BCUT2D eigenvalue weighted by molar-refractivity contribution is 7.13. The molecule has 1 aliphatic carbocycles. The van der Waals surface area contributed by atoms with Crippen molar-refractivity contribution in [3.63, 3.8) is 0 Å². The molecule has 1 fully saturated rings. The number of aromatic nitrogens is 1. The summed E-state index contributed by atoms with van der Waals surface area (Å²) in [7, 11) is 0. The Hall–Kier alpha value is -1.63. The van der Waals surface area contributed by atoms with E-state index < -0.39 is 18.0 Å². The summed E-state index contributed by atoms with van der Waals surface area (Å²) in [6.07, 6.45) is 3.00. The summed E-state index contributed by atoms with van der Waals surface area (Å²) in [5.74, 6) is -0.611. The first-order chi connectivity index (χ1) is 9.51. The zero-order chi connectivity index (χ0) is 14.7. The average molecular weight is 297 g/mol. The van der Waals surface area contributed by atoms with Crippen molar-refractivity contribution in [2.24, 2.45) is 5.92 Å². The number of nitrogens with one attached hydrogen (secondary N) is 2. The second-order valence-electron chi connectivity index (χ2n) is 5.15. The van der Waals surface area contributed by atoms with Crippen molar-refractivity contribution in [3.05, 3.63) is 11.1 Å². The number of thiazole rings is 1. The average Bonchev–Trinajstić information content (AvgIpc) is 3.16. The molecule has 0 aromatic carbocycles. The monoisotopic (exact) mass is 297 g/mol. The molecule has 2 rings (SSSR count). The topological polar surface area (TPSA) is 91.3 Å². The van der Waals surface area contributed by atoms with Crippen molar-refractivity contribution in [1.29, 1.82) is 0 Å². The first-order valence-corrected chi connectivity index (χ1v) is 7.65. The van der Waals surface area contributed by atoms with E-state index in [1.165, 1.54) is 11.3 Å². The summed E-state index contributed by atoms with van der Waals surface area (Å²) < 4.78 is 0. The van der Waals surface area contributed by atoms with Crippen molar-refractivity contribution in [3.8, 4) is 0 Å². The molecule has 2 amide bonds. The Kier molecular flexibility index (Phi) is 4.59. The number of nitrogens with zero attached hydrogens (tertiary/aromatic N) is 1. The van der Waals surface area contributed by atoms with Crippen LogP contribution in [-0.2, 0) is 4.79 Å². The van der Waals surface area contributed by atoms with Crippen LogP contribution in [0.4, 0.5) is 9.93 Å². The number of urea groups is 1. The fourth-order valence-corrected chi connectivity index (χ4v) is 2.65. The van der Waals surface area contributed by atoms with Gasteiger partial charge in [0.25, 0.3) is 0 Å². The molecular weight excluding hydrogens is 278 g/mol. The number of carbonyl (C=O) groups is 2. The minimum Gasteiger partial charge on any atom is -0.480 e. The molecule has 7 heteroatoms. The largest absolute Gasteiger partial charge is 0.480 e. The van der Waals surface area contributed by atoms with Crippen LogP contribution in [-0.4, -0.2) is 28.1 Å². The Labute approximate surface area is 121 Å². The first-order valence-electron chi connectivity index (χ1n) is 6.77. The van der Waals surface area contributed by atoms with Crippen molar-refractivity contribution in [2.45, 2.75) is 45.1 Å². The lowest BCUT2D eigenvalue weighted by Gasteiger charge is -2.19. The van der Waals surface area contributed by atoms with E-state index in [1.807, 2.05) is 12.3 Å². The van der Waals surface area contributed by atoms with Crippen LogP contribution in [0.15, 0.2) is 5.38 Å². The number of rotatable bonds is 6. The maximum absolute atomic E-state index is 11.8. The van der Waals surface area contributed by atoms with E-state index in [-0.39, 0.29) is 5.92 Å². The molecule has 20 heavy (non-hydrogen) atoms. The molecule has 1 heterocycles. The third-order valence-corrected chi connectivity index (χ3v) is 4.28. The van der Waals surface area contributed by atoms with Gasteiger partial charge in [-0.2, -0.15) is 0 Å². The number of amides is 2. The van der Waals surface area contributed by atoms with Gasteiger partial charge in [-0.15, -0.1) is 11.3 Å². The normalized spacial score (nSPS) is 17.3. The highest BCUT2D eigenvalue weighted by Crippen LogP contribution is 2.40. The second-order valence-corrected chi connectivity index (χ2v) is 6.01. The van der Waals surface area contributed by atoms with Crippen LogP contribution in [0.5, 0.6) is 0 Å². The lowest BCUT2D eigenvalue weighted by atomic mass is 10.00.